The van der Waals surface area contributed by atoms with Crippen molar-refractivity contribution in [1.29, 1.82) is 0 Å². The molecule has 0 saturated carbocycles. The van der Waals surface area contributed by atoms with Crippen LogP contribution in [0.1, 0.15) is 29.6 Å². The number of aryl methyl sites for hydroxylation is 1. The lowest BCUT2D eigenvalue weighted by Gasteiger charge is -2.04. The summed E-state index contributed by atoms with van der Waals surface area (Å²) in [6.07, 6.45) is 0.507. The molecule has 2 aromatic carbocycles. The van der Waals surface area contributed by atoms with Gasteiger partial charge in [-0.25, -0.2) is 0 Å². The van der Waals surface area contributed by atoms with E-state index in [4.69, 9.17) is 16.0 Å². The molecule has 0 unspecified atom stereocenters. The lowest BCUT2D eigenvalue weighted by molar-refractivity contribution is -0.116. The lowest BCUT2D eigenvalue weighted by Crippen LogP contribution is -2.12. The Morgan fingerprint density at radius 2 is 1.81 bits per heavy atom. The van der Waals surface area contributed by atoms with Gasteiger partial charge in [0.25, 0.3) is 0 Å². The molecular formula is C19H16ClN3O3. The summed E-state index contributed by atoms with van der Waals surface area (Å²) in [5.41, 5.74) is 1.88. The number of halogens is 1. The summed E-state index contributed by atoms with van der Waals surface area (Å²) >= 11 is 6.10. The second-order valence-electron chi connectivity index (χ2n) is 5.66. The van der Waals surface area contributed by atoms with E-state index in [0.717, 1.165) is 0 Å². The van der Waals surface area contributed by atoms with Crippen molar-refractivity contribution in [2.45, 2.75) is 19.8 Å². The molecule has 26 heavy (non-hydrogen) atoms. The van der Waals surface area contributed by atoms with Gasteiger partial charge < -0.3 is 9.73 Å². The van der Waals surface area contributed by atoms with Crippen LogP contribution in [-0.2, 0) is 11.2 Å². The monoisotopic (exact) mass is 369 g/mol. The van der Waals surface area contributed by atoms with E-state index in [1.807, 2.05) is 12.1 Å². The molecule has 7 heteroatoms. The van der Waals surface area contributed by atoms with Gasteiger partial charge >= 0.3 is 0 Å². The number of nitrogens with one attached hydrogen (secondary N) is 1. The maximum atomic E-state index is 12.0. The van der Waals surface area contributed by atoms with Crippen LogP contribution in [0.2, 0.25) is 5.02 Å². The van der Waals surface area contributed by atoms with E-state index in [0.29, 0.717) is 40.0 Å². The molecule has 0 aliphatic rings. The van der Waals surface area contributed by atoms with Crippen molar-refractivity contribution in [3.63, 3.8) is 0 Å². The summed E-state index contributed by atoms with van der Waals surface area (Å²) < 4.78 is 5.57. The summed E-state index contributed by atoms with van der Waals surface area (Å²) in [6, 6.07) is 13.9. The third-order valence-corrected chi connectivity index (χ3v) is 4.04. The highest BCUT2D eigenvalue weighted by molar-refractivity contribution is 6.33. The largest absolute Gasteiger partial charge is 0.421 e. The maximum absolute atomic E-state index is 12.0. The molecule has 0 aliphatic carbocycles. The van der Waals surface area contributed by atoms with E-state index in [9.17, 15) is 9.59 Å². The van der Waals surface area contributed by atoms with Crippen molar-refractivity contribution >= 4 is 29.0 Å². The fourth-order valence-electron chi connectivity index (χ4n) is 2.33. The SMILES string of the molecule is CC(=O)c1ccc(NC(=O)CCc2nnc(-c3ccccc3Cl)o2)cc1. The Bertz CT molecular complexity index is 935. The van der Waals surface area contributed by atoms with Gasteiger partial charge in [0, 0.05) is 24.1 Å². The number of ketones is 1. The quantitative estimate of drug-likeness (QED) is 0.659. The zero-order chi connectivity index (χ0) is 18.5. The third-order valence-electron chi connectivity index (χ3n) is 3.71. The van der Waals surface area contributed by atoms with E-state index in [1.165, 1.54) is 6.92 Å². The molecule has 0 spiro atoms. The second kappa shape index (κ2) is 7.93. The van der Waals surface area contributed by atoms with E-state index in [1.54, 1.807) is 36.4 Å². The number of Topliss-reactive ketones (excluding diaryl/α,β-unsaturated/α-hetero) is 1. The van der Waals surface area contributed by atoms with Crippen LogP contribution >= 0.6 is 11.6 Å². The zero-order valence-corrected chi connectivity index (χ0v) is 14.8. The van der Waals surface area contributed by atoms with Gasteiger partial charge in [-0.3, -0.25) is 9.59 Å². The number of hydrogen-bond donors (Lipinski definition) is 1. The molecule has 6 nitrogen and oxygen atoms in total. The van der Waals surface area contributed by atoms with Crippen LogP contribution < -0.4 is 5.32 Å². The topological polar surface area (TPSA) is 85.1 Å². The van der Waals surface area contributed by atoms with Gasteiger partial charge in [0.05, 0.1) is 10.6 Å². The van der Waals surface area contributed by atoms with Crippen molar-refractivity contribution < 1.29 is 14.0 Å². The van der Waals surface area contributed by atoms with Crippen LogP contribution in [0.3, 0.4) is 0 Å². The second-order valence-corrected chi connectivity index (χ2v) is 6.07. The molecule has 1 amide bonds. The van der Waals surface area contributed by atoms with Gasteiger partial charge in [0.15, 0.2) is 5.78 Å². The Kier molecular flexibility index (Phi) is 5.43. The fourth-order valence-corrected chi connectivity index (χ4v) is 2.55. The van der Waals surface area contributed by atoms with Gasteiger partial charge in [0.2, 0.25) is 17.7 Å². The van der Waals surface area contributed by atoms with Gasteiger partial charge in [-0.2, -0.15) is 0 Å². The molecular weight excluding hydrogens is 354 g/mol. The Morgan fingerprint density at radius 1 is 1.08 bits per heavy atom. The van der Waals surface area contributed by atoms with Crippen LogP contribution in [0.5, 0.6) is 0 Å². The van der Waals surface area contributed by atoms with Crippen molar-refractivity contribution in [1.82, 2.24) is 10.2 Å². The summed E-state index contributed by atoms with van der Waals surface area (Å²) in [6.45, 7) is 1.49. The van der Waals surface area contributed by atoms with Gasteiger partial charge in [0.1, 0.15) is 0 Å². The van der Waals surface area contributed by atoms with E-state index >= 15 is 0 Å². The van der Waals surface area contributed by atoms with Crippen LogP contribution in [0.4, 0.5) is 5.69 Å². The maximum Gasteiger partial charge on any atom is 0.249 e. The predicted octanol–water partition coefficient (Wildman–Crippen LogP) is 4.16. The minimum atomic E-state index is -0.182. The van der Waals surface area contributed by atoms with Crippen molar-refractivity contribution in [2.24, 2.45) is 0 Å². The summed E-state index contributed by atoms with van der Waals surface area (Å²) in [7, 11) is 0. The highest BCUT2D eigenvalue weighted by atomic mass is 35.5. The number of carbonyl (C=O) groups is 2. The Hall–Kier alpha value is -2.99. The molecule has 1 heterocycles. The van der Waals surface area contributed by atoms with Crippen LogP contribution in [0.15, 0.2) is 52.9 Å². The molecule has 0 aliphatic heterocycles. The summed E-state index contributed by atoms with van der Waals surface area (Å²) in [4.78, 5) is 23.3. The van der Waals surface area contributed by atoms with Crippen LogP contribution in [-0.4, -0.2) is 21.9 Å². The minimum Gasteiger partial charge on any atom is -0.421 e. The molecule has 0 fully saturated rings. The number of carbonyl (C=O) groups excluding carboxylic acids is 2. The number of hydrogen-bond acceptors (Lipinski definition) is 5. The molecule has 1 aromatic heterocycles. The van der Waals surface area contributed by atoms with Crippen LogP contribution in [0.25, 0.3) is 11.5 Å². The molecule has 0 atom stereocenters. The van der Waals surface area contributed by atoms with Crippen molar-refractivity contribution in [3.8, 4) is 11.5 Å². The first kappa shape index (κ1) is 17.8. The Labute approximate surface area is 155 Å². The van der Waals surface area contributed by atoms with E-state index in [2.05, 4.69) is 15.5 Å². The van der Waals surface area contributed by atoms with Gasteiger partial charge in [-0.05, 0) is 43.3 Å². The summed E-state index contributed by atoms with van der Waals surface area (Å²) in [5, 5.41) is 11.2. The van der Waals surface area contributed by atoms with E-state index < -0.39 is 0 Å². The molecule has 132 valence electrons. The molecule has 0 bridgehead atoms. The molecule has 3 rings (SSSR count). The smallest absolute Gasteiger partial charge is 0.249 e. The highest BCUT2D eigenvalue weighted by Gasteiger charge is 2.13. The number of aromatic nitrogens is 2. The first-order chi connectivity index (χ1) is 12.5. The molecule has 3 aromatic rings. The zero-order valence-electron chi connectivity index (χ0n) is 14.0. The first-order valence-corrected chi connectivity index (χ1v) is 8.39. The standard InChI is InChI=1S/C19H16ClN3O3/c1-12(24)13-6-8-14(9-7-13)21-17(25)10-11-18-22-23-19(26-18)15-4-2-3-5-16(15)20/h2-9H,10-11H2,1H3,(H,21,25). The fraction of sp³-hybridized carbons (Fsp3) is 0.158. The van der Waals surface area contributed by atoms with Gasteiger partial charge in [-0.1, -0.05) is 23.7 Å². The lowest BCUT2D eigenvalue weighted by atomic mass is 10.1. The number of nitrogens with zero attached hydrogens (tertiary/aromatic N) is 2. The number of anilines is 1. The number of amides is 1. The van der Waals surface area contributed by atoms with Gasteiger partial charge in [-0.15, -0.1) is 10.2 Å². The molecule has 0 saturated heterocycles. The average molecular weight is 370 g/mol. The predicted molar refractivity (Wildman–Crippen MR) is 98.1 cm³/mol. The third kappa shape index (κ3) is 4.34. The minimum absolute atomic E-state index is 0.0198. The highest BCUT2D eigenvalue weighted by Crippen LogP contribution is 2.26. The average Bonchev–Trinajstić information content (AvgIpc) is 3.09. The van der Waals surface area contributed by atoms with Crippen molar-refractivity contribution in [3.05, 3.63) is 65.0 Å². The van der Waals surface area contributed by atoms with Crippen LogP contribution in [0, 0.1) is 0 Å². The number of rotatable bonds is 6. The number of benzene rings is 2. The molecule has 0 radical (unpaired) electrons. The molecule has 1 N–H and O–H groups in total. The Balaban J connectivity index is 1.56. The normalized spacial score (nSPS) is 10.5. The van der Waals surface area contributed by atoms with Crippen molar-refractivity contribution in [2.75, 3.05) is 5.32 Å². The summed E-state index contributed by atoms with van der Waals surface area (Å²) in [5.74, 6) is 0.486. The first-order valence-electron chi connectivity index (χ1n) is 8.01. The van der Waals surface area contributed by atoms with E-state index in [-0.39, 0.29) is 18.1 Å². The Morgan fingerprint density at radius 3 is 2.50 bits per heavy atom.